The Balaban J connectivity index is 2.04. The Morgan fingerprint density at radius 3 is 1.70 bits per heavy atom. The molecule has 0 spiro atoms. The van der Waals surface area contributed by atoms with Gasteiger partial charge >= 0.3 is 0 Å². The summed E-state index contributed by atoms with van der Waals surface area (Å²) in [5.41, 5.74) is 7.54. The monoisotopic (exact) mass is 408 g/mol. The van der Waals surface area contributed by atoms with Crippen molar-refractivity contribution in [3.63, 3.8) is 0 Å². The molecule has 0 amide bonds. The first-order valence-electron chi connectivity index (χ1n) is 9.09. The van der Waals surface area contributed by atoms with Gasteiger partial charge < -0.3 is 8.80 Å². The lowest BCUT2D eigenvalue weighted by Gasteiger charge is -2.12. The van der Waals surface area contributed by atoms with Crippen molar-refractivity contribution >= 4 is 70.6 Å². The molecule has 4 aromatic carbocycles. The predicted octanol–water partition coefficient (Wildman–Crippen LogP) is 7.01. The molecule has 0 aliphatic heterocycles. The SMILES string of the molecule is Brc1cccc2c1n1c3ccccc3c3ccc4c5ccccc5n2c4c31. The number of fused-ring (bicyclic) bond motifs is 9. The van der Waals surface area contributed by atoms with Gasteiger partial charge in [0, 0.05) is 26.0 Å². The van der Waals surface area contributed by atoms with Crippen molar-refractivity contribution < 1.29 is 0 Å². The summed E-state index contributed by atoms with van der Waals surface area (Å²) in [6.07, 6.45) is 0. The van der Waals surface area contributed by atoms with E-state index in [1.807, 2.05) is 0 Å². The van der Waals surface area contributed by atoms with Crippen LogP contribution in [0.3, 0.4) is 0 Å². The van der Waals surface area contributed by atoms with Gasteiger partial charge in [-0.2, -0.15) is 0 Å². The summed E-state index contributed by atoms with van der Waals surface area (Å²) in [4.78, 5) is 0. The number of para-hydroxylation sites is 3. The second-order valence-electron chi connectivity index (χ2n) is 7.17. The van der Waals surface area contributed by atoms with Crippen LogP contribution >= 0.6 is 15.9 Å². The Morgan fingerprint density at radius 2 is 1.00 bits per heavy atom. The van der Waals surface area contributed by atoms with Crippen LogP contribution in [0.1, 0.15) is 0 Å². The van der Waals surface area contributed by atoms with E-state index in [1.54, 1.807) is 0 Å². The van der Waals surface area contributed by atoms with Gasteiger partial charge in [-0.05, 0) is 40.2 Å². The average Bonchev–Trinajstić information content (AvgIpc) is 3.22. The van der Waals surface area contributed by atoms with Crippen molar-refractivity contribution in [3.8, 4) is 0 Å². The topological polar surface area (TPSA) is 8.82 Å². The fourth-order valence-corrected chi connectivity index (χ4v) is 5.42. The van der Waals surface area contributed by atoms with E-state index in [2.05, 4.69) is 104 Å². The van der Waals surface area contributed by atoms with Crippen molar-refractivity contribution in [1.82, 2.24) is 8.80 Å². The van der Waals surface area contributed by atoms with Gasteiger partial charge in [0.15, 0.2) is 0 Å². The van der Waals surface area contributed by atoms with Gasteiger partial charge in [0.1, 0.15) is 0 Å². The molecule has 0 saturated carbocycles. The minimum atomic E-state index is 1.11. The van der Waals surface area contributed by atoms with E-state index >= 15 is 0 Å². The van der Waals surface area contributed by atoms with Crippen molar-refractivity contribution in [2.75, 3.05) is 0 Å². The summed E-state index contributed by atoms with van der Waals surface area (Å²) in [5.74, 6) is 0. The van der Waals surface area contributed by atoms with E-state index < -0.39 is 0 Å². The number of nitrogens with zero attached hydrogens (tertiary/aromatic N) is 2. The Kier molecular flexibility index (Phi) is 2.41. The van der Waals surface area contributed by atoms with Crippen molar-refractivity contribution in [2.45, 2.75) is 0 Å². The Bertz CT molecular complexity index is 1680. The molecule has 0 saturated heterocycles. The van der Waals surface area contributed by atoms with Gasteiger partial charge in [-0.3, -0.25) is 0 Å². The molecular weight excluding hydrogens is 396 g/mol. The van der Waals surface area contributed by atoms with Crippen LogP contribution in [0.4, 0.5) is 0 Å². The minimum Gasteiger partial charge on any atom is -0.305 e. The lowest BCUT2D eigenvalue weighted by Crippen LogP contribution is -1.97. The Morgan fingerprint density at radius 1 is 0.444 bits per heavy atom. The highest BCUT2D eigenvalue weighted by Crippen LogP contribution is 2.42. The van der Waals surface area contributed by atoms with E-state index in [9.17, 15) is 0 Å². The molecule has 126 valence electrons. The summed E-state index contributed by atoms with van der Waals surface area (Å²) in [6, 6.07) is 28.5. The molecule has 0 aliphatic rings. The lowest BCUT2D eigenvalue weighted by atomic mass is 10.1. The molecule has 0 bridgehead atoms. The van der Waals surface area contributed by atoms with Crippen LogP contribution in [0.15, 0.2) is 83.3 Å². The van der Waals surface area contributed by atoms with Gasteiger partial charge in [-0.15, -0.1) is 0 Å². The maximum atomic E-state index is 3.84. The number of hydrogen-bond acceptors (Lipinski definition) is 0. The molecular formula is C24H13BrN2. The third-order valence-electron chi connectivity index (χ3n) is 5.90. The molecule has 0 atom stereocenters. The first kappa shape index (κ1) is 14.1. The molecule has 0 fully saturated rings. The van der Waals surface area contributed by atoms with Crippen LogP contribution < -0.4 is 0 Å². The third-order valence-corrected chi connectivity index (χ3v) is 6.54. The van der Waals surface area contributed by atoms with Crippen LogP contribution in [-0.4, -0.2) is 8.80 Å². The lowest BCUT2D eigenvalue weighted by molar-refractivity contribution is 1.25. The minimum absolute atomic E-state index is 1.11. The van der Waals surface area contributed by atoms with Gasteiger partial charge in [0.05, 0.1) is 33.1 Å². The predicted molar refractivity (Wildman–Crippen MR) is 117 cm³/mol. The zero-order valence-electron chi connectivity index (χ0n) is 14.3. The van der Waals surface area contributed by atoms with Crippen LogP contribution in [0.25, 0.3) is 54.6 Å². The van der Waals surface area contributed by atoms with Crippen LogP contribution in [0, 0.1) is 0 Å². The quantitative estimate of drug-likeness (QED) is 0.238. The number of rotatable bonds is 0. The van der Waals surface area contributed by atoms with Crippen LogP contribution in [0.5, 0.6) is 0 Å². The first-order chi connectivity index (χ1) is 13.3. The number of hydrogen-bond donors (Lipinski definition) is 0. The fraction of sp³-hybridized carbons (Fsp3) is 0. The van der Waals surface area contributed by atoms with Crippen LogP contribution in [0.2, 0.25) is 0 Å². The smallest absolute Gasteiger partial charge is 0.0847 e. The van der Waals surface area contributed by atoms with E-state index in [1.165, 1.54) is 54.6 Å². The summed E-state index contributed by atoms with van der Waals surface area (Å²) < 4.78 is 5.99. The van der Waals surface area contributed by atoms with E-state index in [0.717, 1.165) is 4.47 Å². The molecule has 7 aromatic rings. The normalized spacial score (nSPS) is 12.6. The van der Waals surface area contributed by atoms with E-state index in [-0.39, 0.29) is 0 Å². The zero-order chi connectivity index (χ0) is 17.7. The molecule has 27 heavy (non-hydrogen) atoms. The number of benzene rings is 4. The molecule has 0 N–H and O–H groups in total. The van der Waals surface area contributed by atoms with E-state index in [0.29, 0.717) is 0 Å². The Hall–Kier alpha value is -3.04. The highest BCUT2D eigenvalue weighted by Gasteiger charge is 2.21. The highest BCUT2D eigenvalue weighted by atomic mass is 79.9. The van der Waals surface area contributed by atoms with Gasteiger partial charge in [-0.25, -0.2) is 0 Å². The summed E-state index contributed by atoms with van der Waals surface area (Å²) in [6.45, 7) is 0. The zero-order valence-corrected chi connectivity index (χ0v) is 15.9. The standard InChI is InChI=1S/C24H13BrN2/c25-18-8-5-11-21-24(18)27-20-10-4-2-7-15(20)17-13-12-16-14-6-1-3-9-19(14)26(21)22(16)23(17)27/h1-13H. The largest absolute Gasteiger partial charge is 0.305 e. The Labute approximate surface area is 162 Å². The van der Waals surface area contributed by atoms with E-state index in [4.69, 9.17) is 0 Å². The molecule has 0 radical (unpaired) electrons. The molecule has 3 aromatic heterocycles. The number of aromatic nitrogens is 2. The van der Waals surface area contributed by atoms with Crippen molar-refractivity contribution in [2.24, 2.45) is 0 Å². The molecule has 0 aliphatic carbocycles. The summed E-state index contributed by atoms with van der Waals surface area (Å²) in [5, 5.41) is 5.23. The number of halogens is 1. The second-order valence-corrected chi connectivity index (χ2v) is 8.02. The maximum absolute atomic E-state index is 3.84. The van der Waals surface area contributed by atoms with Crippen LogP contribution in [-0.2, 0) is 0 Å². The average molecular weight is 409 g/mol. The fourth-order valence-electron chi connectivity index (χ4n) is 4.89. The molecule has 3 heteroatoms. The van der Waals surface area contributed by atoms with Crippen molar-refractivity contribution in [3.05, 3.63) is 83.3 Å². The molecule has 3 heterocycles. The summed E-state index contributed by atoms with van der Waals surface area (Å²) in [7, 11) is 0. The molecule has 2 nitrogen and oxygen atoms in total. The van der Waals surface area contributed by atoms with Gasteiger partial charge in [-0.1, -0.05) is 54.6 Å². The highest BCUT2D eigenvalue weighted by molar-refractivity contribution is 9.10. The van der Waals surface area contributed by atoms with Gasteiger partial charge in [0.2, 0.25) is 0 Å². The van der Waals surface area contributed by atoms with Gasteiger partial charge in [0.25, 0.3) is 0 Å². The molecule has 7 rings (SSSR count). The molecule has 0 unspecified atom stereocenters. The maximum Gasteiger partial charge on any atom is 0.0847 e. The summed E-state index contributed by atoms with van der Waals surface area (Å²) >= 11 is 3.84. The van der Waals surface area contributed by atoms with Crippen molar-refractivity contribution in [1.29, 1.82) is 0 Å². The second kappa shape index (κ2) is 4.62. The third kappa shape index (κ3) is 1.50. The first-order valence-corrected chi connectivity index (χ1v) is 9.88.